The summed E-state index contributed by atoms with van der Waals surface area (Å²) in [6.07, 6.45) is 2.52. The van der Waals surface area contributed by atoms with Crippen LogP contribution in [0.3, 0.4) is 0 Å². The zero-order valence-corrected chi connectivity index (χ0v) is 13.1. The predicted molar refractivity (Wildman–Crippen MR) is 84.7 cm³/mol. The molecule has 0 radical (unpaired) electrons. The lowest BCUT2D eigenvalue weighted by Gasteiger charge is -2.16. The molecule has 0 fully saturated rings. The van der Waals surface area contributed by atoms with Gasteiger partial charge in [0.25, 0.3) is 5.56 Å². The van der Waals surface area contributed by atoms with Crippen LogP contribution in [0.2, 0.25) is 0 Å². The van der Waals surface area contributed by atoms with Crippen molar-refractivity contribution in [2.75, 3.05) is 17.6 Å². The summed E-state index contributed by atoms with van der Waals surface area (Å²) < 4.78 is 2.48. The molecule has 1 aromatic rings. The van der Waals surface area contributed by atoms with Crippen molar-refractivity contribution in [1.82, 2.24) is 9.13 Å². The zero-order chi connectivity index (χ0) is 16.0. The van der Waals surface area contributed by atoms with Crippen molar-refractivity contribution < 1.29 is 5.11 Å². The largest absolute Gasteiger partial charge is 0.393 e. The van der Waals surface area contributed by atoms with E-state index in [4.69, 9.17) is 5.73 Å². The van der Waals surface area contributed by atoms with Crippen molar-refractivity contribution in [3.63, 3.8) is 0 Å². The predicted octanol–water partition coefficient (Wildman–Crippen LogP) is 0.502. The molecule has 1 heterocycles. The van der Waals surface area contributed by atoms with Gasteiger partial charge in [0.1, 0.15) is 11.5 Å². The molecule has 0 aliphatic carbocycles. The number of nitrogen functional groups attached to an aromatic ring is 1. The Labute approximate surface area is 124 Å². The van der Waals surface area contributed by atoms with Crippen LogP contribution in [0.4, 0.5) is 11.5 Å². The van der Waals surface area contributed by atoms with Crippen LogP contribution < -0.4 is 22.3 Å². The molecular formula is C14H26N4O3. The van der Waals surface area contributed by atoms with Gasteiger partial charge in [-0.1, -0.05) is 20.3 Å². The van der Waals surface area contributed by atoms with Gasteiger partial charge in [-0.15, -0.1) is 0 Å². The van der Waals surface area contributed by atoms with E-state index in [1.165, 1.54) is 11.6 Å². The Morgan fingerprint density at radius 1 is 1.33 bits per heavy atom. The summed E-state index contributed by atoms with van der Waals surface area (Å²) in [6.45, 7) is 4.83. The molecule has 1 atom stereocenters. The Morgan fingerprint density at radius 3 is 2.57 bits per heavy atom. The molecule has 1 unspecified atom stereocenters. The Bertz CT molecular complexity index is 577. The highest BCUT2D eigenvalue weighted by atomic mass is 16.3. The molecule has 21 heavy (non-hydrogen) atoms. The van der Waals surface area contributed by atoms with Crippen LogP contribution in [0.15, 0.2) is 9.59 Å². The first-order valence-corrected chi connectivity index (χ1v) is 7.45. The Kier molecular flexibility index (Phi) is 6.48. The molecule has 1 aromatic heterocycles. The van der Waals surface area contributed by atoms with Gasteiger partial charge in [-0.2, -0.15) is 0 Å². The third-order valence-electron chi connectivity index (χ3n) is 3.57. The highest BCUT2D eigenvalue weighted by molar-refractivity contribution is 5.60. The normalized spacial score (nSPS) is 12.4. The molecule has 0 aromatic carbocycles. The lowest BCUT2D eigenvalue weighted by Crippen LogP contribution is -2.41. The first kappa shape index (κ1) is 17.3. The number of hydrogen-bond acceptors (Lipinski definition) is 5. The second kappa shape index (κ2) is 7.87. The maximum Gasteiger partial charge on any atom is 0.332 e. The van der Waals surface area contributed by atoms with Gasteiger partial charge in [-0.05, 0) is 19.3 Å². The van der Waals surface area contributed by atoms with Crippen LogP contribution in [0, 0.1) is 0 Å². The molecule has 0 spiro atoms. The fourth-order valence-corrected chi connectivity index (χ4v) is 2.05. The molecule has 0 aliphatic rings. The zero-order valence-electron chi connectivity index (χ0n) is 13.1. The minimum atomic E-state index is -0.434. The third kappa shape index (κ3) is 4.10. The molecule has 7 heteroatoms. The fraction of sp³-hybridized carbons (Fsp3) is 0.714. The maximum absolute atomic E-state index is 12.1. The summed E-state index contributed by atoms with van der Waals surface area (Å²) in [5.41, 5.74) is 5.37. The Morgan fingerprint density at radius 2 is 2.00 bits per heavy atom. The van der Waals surface area contributed by atoms with Gasteiger partial charge in [0.05, 0.1) is 6.10 Å². The van der Waals surface area contributed by atoms with Crippen LogP contribution in [-0.2, 0) is 13.6 Å². The second-order valence-electron chi connectivity index (χ2n) is 5.19. The number of aliphatic hydroxyl groups is 1. The van der Waals surface area contributed by atoms with E-state index in [1.54, 1.807) is 0 Å². The van der Waals surface area contributed by atoms with E-state index >= 15 is 0 Å². The van der Waals surface area contributed by atoms with E-state index in [0.29, 0.717) is 25.9 Å². The molecule has 120 valence electrons. The van der Waals surface area contributed by atoms with E-state index in [0.717, 1.165) is 17.4 Å². The lowest BCUT2D eigenvalue weighted by molar-refractivity contribution is 0.164. The van der Waals surface area contributed by atoms with Crippen molar-refractivity contribution in [2.24, 2.45) is 7.05 Å². The van der Waals surface area contributed by atoms with Gasteiger partial charge >= 0.3 is 5.69 Å². The molecule has 0 aliphatic heterocycles. The minimum absolute atomic E-state index is 0.169. The van der Waals surface area contributed by atoms with Gasteiger partial charge < -0.3 is 16.2 Å². The number of rotatable bonds is 8. The highest BCUT2D eigenvalue weighted by Gasteiger charge is 2.14. The molecular weight excluding hydrogens is 272 g/mol. The number of nitrogens with zero attached hydrogens (tertiary/aromatic N) is 2. The van der Waals surface area contributed by atoms with Crippen LogP contribution in [0.5, 0.6) is 0 Å². The van der Waals surface area contributed by atoms with E-state index in [2.05, 4.69) is 5.32 Å². The van der Waals surface area contributed by atoms with Gasteiger partial charge in [-0.25, -0.2) is 4.79 Å². The Hall–Kier alpha value is -1.76. The van der Waals surface area contributed by atoms with Crippen LogP contribution in [0.25, 0.3) is 0 Å². The number of unbranched alkanes of at least 4 members (excludes halogenated alkanes) is 1. The van der Waals surface area contributed by atoms with Gasteiger partial charge in [0, 0.05) is 20.1 Å². The molecule has 0 saturated heterocycles. The smallest absolute Gasteiger partial charge is 0.332 e. The summed E-state index contributed by atoms with van der Waals surface area (Å²) in [6, 6.07) is 0. The van der Waals surface area contributed by atoms with Crippen LogP contribution in [-0.4, -0.2) is 26.9 Å². The monoisotopic (exact) mass is 298 g/mol. The van der Waals surface area contributed by atoms with E-state index in [9.17, 15) is 14.7 Å². The highest BCUT2D eigenvalue weighted by Crippen LogP contribution is 2.12. The van der Waals surface area contributed by atoms with Crippen molar-refractivity contribution in [3.05, 3.63) is 20.8 Å². The number of anilines is 2. The number of nitrogens with two attached hydrogens (primary N) is 1. The van der Waals surface area contributed by atoms with Crippen LogP contribution >= 0.6 is 0 Å². The first-order chi connectivity index (χ1) is 9.93. The number of nitrogens with one attached hydrogen (secondary N) is 1. The summed E-state index contributed by atoms with van der Waals surface area (Å²) >= 11 is 0. The summed E-state index contributed by atoms with van der Waals surface area (Å²) in [5, 5.41) is 12.5. The summed E-state index contributed by atoms with van der Waals surface area (Å²) in [4.78, 5) is 24.2. The van der Waals surface area contributed by atoms with Gasteiger partial charge in [0.2, 0.25) is 0 Å². The number of hydrogen-bond donors (Lipinski definition) is 3. The number of aromatic nitrogens is 2. The lowest BCUT2D eigenvalue weighted by atomic mass is 10.2. The third-order valence-corrected chi connectivity index (χ3v) is 3.57. The average Bonchev–Trinajstić information content (AvgIpc) is 2.48. The second-order valence-corrected chi connectivity index (χ2v) is 5.19. The molecule has 7 nitrogen and oxygen atoms in total. The number of aliphatic hydroxyl groups excluding tert-OH is 1. The van der Waals surface area contributed by atoms with Crippen molar-refractivity contribution in [1.29, 1.82) is 0 Å². The van der Waals surface area contributed by atoms with Crippen molar-refractivity contribution in [3.8, 4) is 0 Å². The fourth-order valence-electron chi connectivity index (χ4n) is 2.05. The first-order valence-electron chi connectivity index (χ1n) is 7.45. The average molecular weight is 298 g/mol. The topological polar surface area (TPSA) is 102 Å². The van der Waals surface area contributed by atoms with Gasteiger partial charge in [0.15, 0.2) is 0 Å². The van der Waals surface area contributed by atoms with E-state index < -0.39 is 17.4 Å². The maximum atomic E-state index is 12.1. The minimum Gasteiger partial charge on any atom is -0.393 e. The molecule has 0 bridgehead atoms. The molecule has 4 N–H and O–H groups in total. The van der Waals surface area contributed by atoms with Crippen molar-refractivity contribution in [2.45, 2.75) is 52.2 Å². The van der Waals surface area contributed by atoms with Crippen LogP contribution in [0.1, 0.15) is 39.5 Å². The quantitative estimate of drug-likeness (QED) is 0.648. The van der Waals surface area contributed by atoms with E-state index in [1.807, 2.05) is 13.8 Å². The molecule has 0 saturated carbocycles. The molecule has 1 rings (SSSR count). The Balaban J connectivity index is 3.05. The molecule has 0 amide bonds. The SMILES string of the molecule is CCCCn1c(N)c(NCCC(O)CC)c(=O)n(C)c1=O. The standard InChI is InChI=1S/C14H26N4O3/c1-4-6-9-18-12(15)11(13(20)17(3)14(18)21)16-8-7-10(19)5-2/h10,16,19H,4-9,15H2,1-3H3. The summed E-state index contributed by atoms with van der Waals surface area (Å²) in [5.74, 6) is 0.169. The van der Waals surface area contributed by atoms with Gasteiger partial charge in [-0.3, -0.25) is 13.9 Å². The summed E-state index contributed by atoms with van der Waals surface area (Å²) in [7, 11) is 1.44. The van der Waals surface area contributed by atoms with E-state index in [-0.39, 0.29) is 11.5 Å². The van der Waals surface area contributed by atoms with Crippen molar-refractivity contribution >= 4 is 11.5 Å².